The number of nitrogens with one attached hydrogen (secondary N) is 1. The van der Waals surface area contributed by atoms with Crippen molar-refractivity contribution in [3.8, 4) is 0 Å². The Labute approximate surface area is 89.9 Å². The molecule has 15 heavy (non-hydrogen) atoms. The highest BCUT2D eigenvalue weighted by Gasteiger charge is 2.36. The molecule has 1 saturated carbocycles. The molecule has 0 radical (unpaired) electrons. The van der Waals surface area contributed by atoms with Crippen LogP contribution in [0.2, 0.25) is 0 Å². The standard InChI is InChI=1S/C12H17FN2/c1-12(4-3-11(6-12)14-2)9-5-10(13)8-15-7-9/h5,7-8,11,14H,3-4,6H2,1-2H3. The molecule has 0 amide bonds. The van der Waals surface area contributed by atoms with E-state index >= 15 is 0 Å². The second kappa shape index (κ2) is 3.89. The zero-order valence-electron chi connectivity index (χ0n) is 9.26. The van der Waals surface area contributed by atoms with Gasteiger partial charge in [-0.15, -0.1) is 0 Å². The van der Waals surface area contributed by atoms with Crippen molar-refractivity contribution in [3.63, 3.8) is 0 Å². The topological polar surface area (TPSA) is 24.9 Å². The highest BCUT2D eigenvalue weighted by Crippen LogP contribution is 2.40. The van der Waals surface area contributed by atoms with Gasteiger partial charge in [0.05, 0.1) is 6.20 Å². The molecule has 0 aromatic carbocycles. The van der Waals surface area contributed by atoms with Gasteiger partial charge in [0.2, 0.25) is 0 Å². The molecule has 1 aromatic heterocycles. The molecule has 0 spiro atoms. The molecule has 2 nitrogen and oxygen atoms in total. The third kappa shape index (κ3) is 2.02. The third-order valence-corrected chi connectivity index (χ3v) is 3.55. The minimum Gasteiger partial charge on any atom is -0.317 e. The fourth-order valence-corrected chi connectivity index (χ4v) is 2.49. The average Bonchev–Trinajstić information content (AvgIpc) is 2.62. The first-order chi connectivity index (χ1) is 7.14. The van der Waals surface area contributed by atoms with Crippen LogP contribution in [0.25, 0.3) is 0 Å². The van der Waals surface area contributed by atoms with E-state index in [4.69, 9.17) is 0 Å². The molecule has 2 atom stereocenters. The van der Waals surface area contributed by atoms with E-state index in [1.807, 2.05) is 7.05 Å². The van der Waals surface area contributed by atoms with Crippen LogP contribution in [0, 0.1) is 5.82 Å². The van der Waals surface area contributed by atoms with E-state index in [2.05, 4.69) is 17.2 Å². The summed E-state index contributed by atoms with van der Waals surface area (Å²) in [4.78, 5) is 3.93. The molecule has 1 aliphatic rings. The largest absolute Gasteiger partial charge is 0.317 e. The van der Waals surface area contributed by atoms with E-state index in [1.54, 1.807) is 12.3 Å². The maximum atomic E-state index is 13.1. The van der Waals surface area contributed by atoms with E-state index in [0.717, 1.165) is 24.8 Å². The molecule has 3 heteroatoms. The van der Waals surface area contributed by atoms with E-state index in [9.17, 15) is 4.39 Å². The lowest BCUT2D eigenvalue weighted by atomic mass is 9.82. The molecule has 1 N–H and O–H groups in total. The van der Waals surface area contributed by atoms with Gasteiger partial charge < -0.3 is 5.32 Å². The van der Waals surface area contributed by atoms with Crippen molar-refractivity contribution in [1.29, 1.82) is 0 Å². The second-order valence-electron chi connectivity index (χ2n) is 4.68. The normalized spacial score (nSPS) is 30.7. The predicted molar refractivity (Wildman–Crippen MR) is 58.2 cm³/mol. The van der Waals surface area contributed by atoms with Gasteiger partial charge in [-0.1, -0.05) is 6.92 Å². The number of pyridine rings is 1. The fourth-order valence-electron chi connectivity index (χ4n) is 2.49. The summed E-state index contributed by atoms with van der Waals surface area (Å²) in [6.45, 7) is 2.20. The van der Waals surface area contributed by atoms with Crippen LogP contribution in [-0.4, -0.2) is 18.1 Å². The van der Waals surface area contributed by atoms with E-state index in [0.29, 0.717) is 6.04 Å². The van der Waals surface area contributed by atoms with Gasteiger partial charge in [-0.2, -0.15) is 0 Å². The Morgan fingerprint density at radius 3 is 2.93 bits per heavy atom. The fraction of sp³-hybridized carbons (Fsp3) is 0.583. The second-order valence-corrected chi connectivity index (χ2v) is 4.68. The number of hydrogen-bond acceptors (Lipinski definition) is 2. The number of nitrogens with zero attached hydrogens (tertiary/aromatic N) is 1. The summed E-state index contributed by atoms with van der Waals surface area (Å²) < 4.78 is 13.1. The lowest BCUT2D eigenvalue weighted by Crippen LogP contribution is -2.25. The van der Waals surface area contributed by atoms with Crippen LogP contribution in [0.5, 0.6) is 0 Å². The predicted octanol–water partition coefficient (Wildman–Crippen LogP) is 2.25. The van der Waals surface area contributed by atoms with Crippen LogP contribution in [-0.2, 0) is 5.41 Å². The van der Waals surface area contributed by atoms with Crippen LogP contribution in [0.4, 0.5) is 4.39 Å². The van der Waals surface area contributed by atoms with Gasteiger partial charge in [0.1, 0.15) is 5.82 Å². The van der Waals surface area contributed by atoms with E-state index in [1.165, 1.54) is 6.20 Å². The van der Waals surface area contributed by atoms with Crippen molar-refractivity contribution in [2.24, 2.45) is 0 Å². The number of aromatic nitrogens is 1. The molecule has 1 aromatic rings. The first-order valence-corrected chi connectivity index (χ1v) is 5.42. The quantitative estimate of drug-likeness (QED) is 0.806. The summed E-state index contributed by atoms with van der Waals surface area (Å²) in [5, 5.41) is 3.29. The van der Waals surface area contributed by atoms with Crippen molar-refractivity contribution in [2.75, 3.05) is 7.05 Å². The number of rotatable bonds is 2. The molecular weight excluding hydrogens is 191 g/mol. The molecule has 1 heterocycles. The molecule has 2 rings (SSSR count). The average molecular weight is 208 g/mol. The molecular formula is C12H17FN2. The van der Waals surface area contributed by atoms with Crippen LogP contribution in [0.1, 0.15) is 31.7 Å². The maximum absolute atomic E-state index is 13.1. The van der Waals surface area contributed by atoms with Crippen LogP contribution < -0.4 is 5.32 Å². The van der Waals surface area contributed by atoms with Crippen molar-refractivity contribution in [3.05, 3.63) is 29.8 Å². The van der Waals surface area contributed by atoms with Crippen molar-refractivity contribution < 1.29 is 4.39 Å². The van der Waals surface area contributed by atoms with Gasteiger partial charge in [-0.25, -0.2) is 4.39 Å². The molecule has 0 saturated heterocycles. The van der Waals surface area contributed by atoms with Gasteiger partial charge in [-0.3, -0.25) is 4.98 Å². The molecule has 1 fully saturated rings. The van der Waals surface area contributed by atoms with Gasteiger partial charge in [0.15, 0.2) is 0 Å². The van der Waals surface area contributed by atoms with Crippen LogP contribution in [0.15, 0.2) is 18.5 Å². The first kappa shape index (κ1) is 10.6. The summed E-state index contributed by atoms with van der Waals surface area (Å²) in [5.74, 6) is -0.235. The van der Waals surface area contributed by atoms with Gasteiger partial charge in [0.25, 0.3) is 0 Å². The SMILES string of the molecule is CNC1CCC(C)(c2cncc(F)c2)C1. The molecule has 82 valence electrons. The van der Waals surface area contributed by atoms with Gasteiger partial charge in [-0.05, 0) is 43.4 Å². The van der Waals surface area contributed by atoms with Crippen molar-refractivity contribution in [1.82, 2.24) is 10.3 Å². The monoisotopic (exact) mass is 208 g/mol. The Kier molecular flexibility index (Phi) is 2.74. The van der Waals surface area contributed by atoms with E-state index < -0.39 is 0 Å². The summed E-state index contributed by atoms with van der Waals surface area (Å²) in [7, 11) is 1.99. The zero-order chi connectivity index (χ0) is 10.9. The minimum atomic E-state index is -0.235. The Morgan fingerprint density at radius 2 is 2.33 bits per heavy atom. The minimum absolute atomic E-state index is 0.0861. The smallest absolute Gasteiger partial charge is 0.141 e. The summed E-state index contributed by atoms with van der Waals surface area (Å²) in [6.07, 6.45) is 6.38. The Hall–Kier alpha value is -0.960. The maximum Gasteiger partial charge on any atom is 0.141 e. The molecule has 2 unspecified atom stereocenters. The van der Waals surface area contributed by atoms with Crippen LogP contribution >= 0.6 is 0 Å². The zero-order valence-corrected chi connectivity index (χ0v) is 9.26. The number of halogens is 1. The lowest BCUT2D eigenvalue weighted by Gasteiger charge is -2.24. The summed E-state index contributed by atoms with van der Waals surface area (Å²) in [5.41, 5.74) is 1.11. The van der Waals surface area contributed by atoms with Gasteiger partial charge >= 0.3 is 0 Å². The highest BCUT2D eigenvalue weighted by molar-refractivity contribution is 5.23. The van der Waals surface area contributed by atoms with Crippen LogP contribution in [0.3, 0.4) is 0 Å². The Balaban J connectivity index is 2.23. The van der Waals surface area contributed by atoms with E-state index in [-0.39, 0.29) is 11.2 Å². The third-order valence-electron chi connectivity index (χ3n) is 3.55. The summed E-state index contributed by atoms with van der Waals surface area (Å²) >= 11 is 0. The number of hydrogen-bond donors (Lipinski definition) is 1. The van der Waals surface area contributed by atoms with Gasteiger partial charge in [0, 0.05) is 12.2 Å². The first-order valence-electron chi connectivity index (χ1n) is 5.42. The van der Waals surface area contributed by atoms with Crippen molar-refractivity contribution in [2.45, 2.75) is 37.6 Å². The molecule has 1 aliphatic carbocycles. The Morgan fingerprint density at radius 1 is 1.53 bits per heavy atom. The van der Waals surface area contributed by atoms with Crippen molar-refractivity contribution >= 4 is 0 Å². The Bertz CT molecular complexity index is 353. The molecule has 0 aliphatic heterocycles. The molecule has 0 bridgehead atoms. The lowest BCUT2D eigenvalue weighted by molar-refractivity contribution is 0.461. The highest BCUT2D eigenvalue weighted by atomic mass is 19.1. The summed E-state index contributed by atoms with van der Waals surface area (Å²) in [6, 6.07) is 2.17.